The van der Waals surface area contributed by atoms with Crippen molar-refractivity contribution in [1.29, 1.82) is 0 Å². The fraction of sp³-hybridized carbons (Fsp3) is 0.292. The minimum Gasteiger partial charge on any atom is -0.467 e. The molecule has 1 aliphatic heterocycles. The van der Waals surface area contributed by atoms with Gasteiger partial charge in [-0.3, -0.25) is 4.79 Å². The molecule has 0 saturated heterocycles. The average molecular weight is 409 g/mol. The summed E-state index contributed by atoms with van der Waals surface area (Å²) in [7, 11) is 0. The van der Waals surface area contributed by atoms with Crippen LogP contribution in [-0.2, 0) is 12.0 Å². The van der Waals surface area contributed by atoms with Crippen LogP contribution in [0, 0.1) is 0 Å². The minimum atomic E-state index is -0.244. The third-order valence-corrected chi connectivity index (χ3v) is 5.88. The topological polar surface area (TPSA) is 54.3 Å². The maximum absolute atomic E-state index is 12.8. The van der Waals surface area contributed by atoms with Gasteiger partial charge in [-0.15, -0.1) is 0 Å². The number of benzene rings is 2. The Bertz CT molecular complexity index is 1030. The first-order valence-corrected chi connectivity index (χ1v) is 10.1. The SMILES string of the molecule is CC1(C)CC(C)(c2ccc(Cl)cc2)c2cc(C(=O)NCc3ccco3)ccc2N1. The van der Waals surface area contributed by atoms with Crippen LogP contribution in [0.4, 0.5) is 5.69 Å². The molecule has 4 nitrogen and oxygen atoms in total. The van der Waals surface area contributed by atoms with Gasteiger partial charge in [0.05, 0.1) is 12.8 Å². The van der Waals surface area contributed by atoms with E-state index in [1.54, 1.807) is 6.26 Å². The van der Waals surface area contributed by atoms with Crippen LogP contribution < -0.4 is 10.6 Å². The lowest BCUT2D eigenvalue weighted by atomic mass is 9.66. The van der Waals surface area contributed by atoms with Crippen LogP contribution in [0.2, 0.25) is 5.02 Å². The number of anilines is 1. The van der Waals surface area contributed by atoms with E-state index in [0.29, 0.717) is 12.1 Å². The Labute approximate surface area is 176 Å². The standard InChI is InChI=1S/C24H25ClN2O2/c1-23(2)15-24(3,17-7-9-18(25)10-8-17)20-13-16(6-11-21(20)27-23)22(28)26-14-19-5-4-12-29-19/h4-13,27H,14-15H2,1-3H3,(H,26,28). The number of fused-ring (bicyclic) bond motifs is 1. The van der Waals surface area contributed by atoms with Crippen LogP contribution in [0.3, 0.4) is 0 Å². The zero-order valence-electron chi connectivity index (χ0n) is 16.9. The van der Waals surface area contributed by atoms with Crippen molar-refractivity contribution in [2.24, 2.45) is 0 Å². The molecule has 1 unspecified atom stereocenters. The van der Waals surface area contributed by atoms with E-state index in [1.165, 1.54) is 5.56 Å². The van der Waals surface area contributed by atoms with E-state index in [1.807, 2.05) is 42.5 Å². The number of halogens is 1. The predicted octanol–water partition coefficient (Wildman–Crippen LogP) is 5.76. The molecule has 29 heavy (non-hydrogen) atoms. The molecule has 0 spiro atoms. The van der Waals surface area contributed by atoms with Gasteiger partial charge in [0.25, 0.3) is 5.91 Å². The van der Waals surface area contributed by atoms with Crippen molar-refractivity contribution in [3.63, 3.8) is 0 Å². The molecular weight excluding hydrogens is 384 g/mol. The Morgan fingerprint density at radius 1 is 1.14 bits per heavy atom. The maximum atomic E-state index is 12.8. The molecule has 1 aliphatic rings. The van der Waals surface area contributed by atoms with E-state index < -0.39 is 0 Å². The lowest BCUT2D eigenvalue weighted by Crippen LogP contribution is -2.45. The Morgan fingerprint density at radius 3 is 2.59 bits per heavy atom. The Balaban J connectivity index is 1.70. The summed E-state index contributed by atoms with van der Waals surface area (Å²) in [6.07, 6.45) is 2.50. The zero-order valence-corrected chi connectivity index (χ0v) is 17.6. The molecule has 1 aromatic heterocycles. The van der Waals surface area contributed by atoms with Gasteiger partial charge in [0.2, 0.25) is 0 Å². The first-order valence-electron chi connectivity index (χ1n) is 9.76. The summed E-state index contributed by atoms with van der Waals surface area (Å²) in [6, 6.07) is 17.5. The third-order valence-electron chi connectivity index (χ3n) is 5.63. The molecule has 3 aromatic rings. The van der Waals surface area contributed by atoms with E-state index >= 15 is 0 Å². The van der Waals surface area contributed by atoms with E-state index in [4.69, 9.17) is 16.0 Å². The number of furan rings is 1. The quantitative estimate of drug-likeness (QED) is 0.576. The highest BCUT2D eigenvalue weighted by atomic mass is 35.5. The first kappa shape index (κ1) is 19.6. The van der Waals surface area contributed by atoms with Crippen LogP contribution >= 0.6 is 11.6 Å². The smallest absolute Gasteiger partial charge is 0.251 e. The summed E-state index contributed by atoms with van der Waals surface area (Å²) in [4.78, 5) is 12.8. The van der Waals surface area contributed by atoms with Gasteiger partial charge in [-0.05, 0) is 73.9 Å². The number of hydrogen-bond acceptors (Lipinski definition) is 3. The molecule has 0 aliphatic carbocycles. The van der Waals surface area contributed by atoms with Crippen LogP contribution in [-0.4, -0.2) is 11.4 Å². The minimum absolute atomic E-state index is 0.0789. The maximum Gasteiger partial charge on any atom is 0.251 e. The lowest BCUT2D eigenvalue weighted by Gasteiger charge is -2.46. The molecule has 4 rings (SSSR count). The molecule has 0 saturated carbocycles. The summed E-state index contributed by atoms with van der Waals surface area (Å²) >= 11 is 6.12. The second-order valence-corrected chi connectivity index (χ2v) is 8.98. The number of nitrogens with one attached hydrogen (secondary N) is 2. The van der Waals surface area contributed by atoms with Crippen molar-refractivity contribution >= 4 is 23.2 Å². The van der Waals surface area contributed by atoms with Gasteiger partial charge >= 0.3 is 0 Å². The van der Waals surface area contributed by atoms with E-state index in [9.17, 15) is 4.79 Å². The van der Waals surface area contributed by atoms with Gasteiger partial charge in [-0.1, -0.05) is 30.7 Å². The summed E-state index contributed by atoms with van der Waals surface area (Å²) in [6.45, 7) is 7.01. The van der Waals surface area contributed by atoms with Crippen molar-refractivity contribution in [2.45, 2.75) is 44.7 Å². The highest BCUT2D eigenvalue weighted by molar-refractivity contribution is 6.30. The molecule has 0 radical (unpaired) electrons. The molecule has 5 heteroatoms. The second kappa shape index (κ2) is 7.27. The van der Waals surface area contributed by atoms with Gasteiger partial charge in [0.15, 0.2) is 0 Å². The molecule has 0 fully saturated rings. The lowest BCUT2D eigenvalue weighted by molar-refractivity contribution is 0.0948. The van der Waals surface area contributed by atoms with Crippen LogP contribution in [0.25, 0.3) is 0 Å². The molecule has 2 aromatic carbocycles. The van der Waals surface area contributed by atoms with Crippen molar-refractivity contribution in [3.8, 4) is 0 Å². The number of rotatable bonds is 4. The normalized spacial score (nSPS) is 19.9. The predicted molar refractivity (Wildman–Crippen MR) is 117 cm³/mol. The monoisotopic (exact) mass is 408 g/mol. The number of carbonyl (C=O) groups is 1. The van der Waals surface area contributed by atoms with Crippen molar-refractivity contribution in [1.82, 2.24) is 5.32 Å². The summed E-state index contributed by atoms with van der Waals surface area (Å²) in [5.74, 6) is 0.609. The Kier molecular flexibility index (Phi) is 4.91. The van der Waals surface area contributed by atoms with Crippen molar-refractivity contribution < 1.29 is 9.21 Å². The average Bonchev–Trinajstić information content (AvgIpc) is 3.19. The van der Waals surface area contributed by atoms with Crippen molar-refractivity contribution in [2.75, 3.05) is 5.32 Å². The highest BCUT2D eigenvalue weighted by Gasteiger charge is 2.41. The molecule has 150 valence electrons. The molecule has 1 atom stereocenters. The van der Waals surface area contributed by atoms with Crippen molar-refractivity contribution in [3.05, 3.63) is 88.3 Å². The molecular formula is C24H25ClN2O2. The Morgan fingerprint density at radius 2 is 1.90 bits per heavy atom. The summed E-state index contributed by atoms with van der Waals surface area (Å²) in [5, 5.41) is 7.27. The van der Waals surface area contributed by atoms with Crippen LogP contribution in [0.15, 0.2) is 65.3 Å². The largest absolute Gasteiger partial charge is 0.467 e. The zero-order chi connectivity index (χ0) is 20.6. The number of carbonyl (C=O) groups excluding carboxylic acids is 1. The van der Waals surface area contributed by atoms with E-state index in [2.05, 4.69) is 43.5 Å². The van der Waals surface area contributed by atoms with Gasteiger partial charge in [0, 0.05) is 27.2 Å². The Hall–Kier alpha value is -2.72. The van der Waals surface area contributed by atoms with Gasteiger partial charge in [0.1, 0.15) is 5.76 Å². The van der Waals surface area contributed by atoms with Gasteiger partial charge < -0.3 is 15.1 Å². The van der Waals surface area contributed by atoms with Gasteiger partial charge in [-0.25, -0.2) is 0 Å². The first-order chi connectivity index (χ1) is 13.8. The highest BCUT2D eigenvalue weighted by Crippen LogP contribution is 2.47. The van der Waals surface area contributed by atoms with E-state index in [-0.39, 0.29) is 16.9 Å². The van der Waals surface area contributed by atoms with E-state index in [0.717, 1.165) is 28.5 Å². The summed E-state index contributed by atoms with van der Waals surface area (Å²) < 4.78 is 5.30. The fourth-order valence-electron chi connectivity index (χ4n) is 4.40. The molecule has 2 N–H and O–H groups in total. The molecule has 1 amide bonds. The number of hydrogen-bond donors (Lipinski definition) is 2. The molecule has 2 heterocycles. The molecule has 0 bridgehead atoms. The second-order valence-electron chi connectivity index (χ2n) is 8.55. The van der Waals surface area contributed by atoms with Crippen LogP contribution in [0.5, 0.6) is 0 Å². The fourth-order valence-corrected chi connectivity index (χ4v) is 4.52. The van der Waals surface area contributed by atoms with Gasteiger partial charge in [-0.2, -0.15) is 0 Å². The third kappa shape index (κ3) is 3.90. The number of amides is 1. The van der Waals surface area contributed by atoms with Crippen LogP contribution in [0.1, 0.15) is 54.4 Å². The summed E-state index contributed by atoms with van der Waals surface area (Å²) in [5.41, 5.74) is 3.67.